The molecule has 1 aromatic heterocycles. The summed E-state index contributed by atoms with van der Waals surface area (Å²) in [4.78, 5) is 20.4. The second-order valence-electron chi connectivity index (χ2n) is 5.94. The van der Waals surface area contributed by atoms with Crippen LogP contribution in [0.4, 0.5) is 5.95 Å². The van der Waals surface area contributed by atoms with E-state index in [2.05, 4.69) is 48.1 Å². The molecule has 0 saturated heterocycles. The van der Waals surface area contributed by atoms with E-state index in [9.17, 15) is 4.79 Å². The number of nitrogen functional groups attached to an aromatic ring is 1. The molecule has 0 bridgehead atoms. The van der Waals surface area contributed by atoms with Crippen LogP contribution in [0.3, 0.4) is 0 Å². The Labute approximate surface area is 124 Å². The second kappa shape index (κ2) is 5.28. The van der Waals surface area contributed by atoms with Crippen molar-refractivity contribution in [1.29, 1.82) is 0 Å². The largest absolute Gasteiger partial charge is 0.368 e. The van der Waals surface area contributed by atoms with Crippen LogP contribution in [0.5, 0.6) is 0 Å². The molecule has 0 radical (unpaired) electrons. The van der Waals surface area contributed by atoms with E-state index in [1.807, 2.05) is 0 Å². The Morgan fingerprint density at radius 1 is 1.19 bits per heavy atom. The molecule has 0 spiro atoms. The number of nitrogens with zero attached hydrogens (tertiary/aromatic N) is 2. The molecule has 1 unspecified atom stereocenters. The fourth-order valence-corrected chi connectivity index (χ4v) is 2.85. The Morgan fingerprint density at radius 3 is 2.57 bits per heavy atom. The number of benzene rings is 1. The molecule has 2 N–H and O–H groups in total. The normalized spacial score (nSPS) is 17.9. The van der Waals surface area contributed by atoms with Gasteiger partial charge >= 0.3 is 0 Å². The summed E-state index contributed by atoms with van der Waals surface area (Å²) < 4.78 is 0. The van der Waals surface area contributed by atoms with Gasteiger partial charge in [-0.05, 0) is 29.4 Å². The van der Waals surface area contributed by atoms with E-state index >= 15 is 0 Å². The van der Waals surface area contributed by atoms with E-state index in [0.29, 0.717) is 17.9 Å². The number of carbonyl (C=O) groups excluding carboxylic acids is 1. The quantitative estimate of drug-likeness (QED) is 0.918. The molecule has 1 aliphatic carbocycles. The Morgan fingerprint density at radius 2 is 1.90 bits per heavy atom. The van der Waals surface area contributed by atoms with Crippen LogP contribution in [-0.2, 0) is 6.42 Å². The van der Waals surface area contributed by atoms with Crippen LogP contribution in [0.2, 0.25) is 0 Å². The van der Waals surface area contributed by atoms with Gasteiger partial charge in [-0.2, -0.15) is 0 Å². The lowest BCUT2D eigenvalue weighted by Crippen LogP contribution is -2.21. The molecule has 0 amide bonds. The van der Waals surface area contributed by atoms with E-state index in [1.165, 1.54) is 11.1 Å². The van der Waals surface area contributed by atoms with Crippen LogP contribution in [0.15, 0.2) is 30.5 Å². The number of rotatable bonds is 2. The molecular formula is C17H19N3O. The summed E-state index contributed by atoms with van der Waals surface area (Å²) in [6, 6.07) is 8.55. The van der Waals surface area contributed by atoms with E-state index in [4.69, 9.17) is 5.73 Å². The SMILES string of the molecule is CC(C)c1ccc(C2CC(=O)c3cnc(N)nc3C2)cc1. The summed E-state index contributed by atoms with van der Waals surface area (Å²) in [6.07, 6.45) is 2.81. The van der Waals surface area contributed by atoms with E-state index in [-0.39, 0.29) is 17.6 Å². The maximum absolute atomic E-state index is 12.2. The number of aromatic nitrogens is 2. The molecule has 1 atom stereocenters. The monoisotopic (exact) mass is 281 g/mol. The van der Waals surface area contributed by atoms with Crippen molar-refractivity contribution >= 4 is 11.7 Å². The summed E-state index contributed by atoms with van der Waals surface area (Å²) in [5, 5.41) is 0. The predicted octanol–water partition coefficient (Wildman–Crippen LogP) is 3.09. The highest BCUT2D eigenvalue weighted by molar-refractivity contribution is 5.98. The van der Waals surface area contributed by atoms with Crippen molar-refractivity contribution in [2.75, 3.05) is 5.73 Å². The first kappa shape index (κ1) is 13.7. The first-order valence-corrected chi connectivity index (χ1v) is 7.29. The Bertz CT molecular complexity index is 677. The molecule has 1 heterocycles. The van der Waals surface area contributed by atoms with Gasteiger partial charge < -0.3 is 5.73 Å². The number of Topliss-reactive ketones (excluding diaryl/α,β-unsaturated/α-hetero) is 1. The van der Waals surface area contributed by atoms with Gasteiger partial charge in [0.05, 0.1) is 11.3 Å². The van der Waals surface area contributed by atoms with Gasteiger partial charge in [0.2, 0.25) is 5.95 Å². The third-order valence-electron chi connectivity index (χ3n) is 4.13. The van der Waals surface area contributed by atoms with Crippen molar-refractivity contribution in [3.05, 3.63) is 52.8 Å². The molecule has 4 heteroatoms. The molecule has 3 rings (SSSR count). The lowest BCUT2D eigenvalue weighted by Gasteiger charge is -2.23. The lowest BCUT2D eigenvalue weighted by atomic mass is 9.81. The average Bonchev–Trinajstić information content (AvgIpc) is 2.46. The van der Waals surface area contributed by atoms with Gasteiger partial charge in [-0.15, -0.1) is 0 Å². The predicted molar refractivity (Wildman–Crippen MR) is 82.4 cm³/mol. The summed E-state index contributed by atoms with van der Waals surface area (Å²) >= 11 is 0. The van der Waals surface area contributed by atoms with E-state index in [1.54, 1.807) is 6.20 Å². The van der Waals surface area contributed by atoms with Crippen LogP contribution >= 0.6 is 0 Å². The van der Waals surface area contributed by atoms with Crippen molar-refractivity contribution in [2.45, 2.75) is 38.5 Å². The molecule has 4 nitrogen and oxygen atoms in total. The lowest BCUT2D eigenvalue weighted by molar-refractivity contribution is 0.0963. The van der Waals surface area contributed by atoms with Crippen molar-refractivity contribution in [3.8, 4) is 0 Å². The summed E-state index contributed by atoms with van der Waals surface area (Å²) in [5.74, 6) is 1.03. The molecule has 21 heavy (non-hydrogen) atoms. The first-order valence-electron chi connectivity index (χ1n) is 7.29. The number of carbonyl (C=O) groups is 1. The zero-order valence-electron chi connectivity index (χ0n) is 12.3. The number of hydrogen-bond donors (Lipinski definition) is 1. The van der Waals surface area contributed by atoms with Gasteiger partial charge in [0, 0.05) is 12.6 Å². The fourth-order valence-electron chi connectivity index (χ4n) is 2.85. The number of hydrogen-bond acceptors (Lipinski definition) is 4. The molecule has 0 fully saturated rings. The Hall–Kier alpha value is -2.23. The minimum absolute atomic E-state index is 0.106. The minimum Gasteiger partial charge on any atom is -0.368 e. The van der Waals surface area contributed by atoms with Gasteiger partial charge in [0.25, 0.3) is 0 Å². The van der Waals surface area contributed by atoms with Crippen LogP contribution in [0, 0.1) is 0 Å². The van der Waals surface area contributed by atoms with Crippen molar-refractivity contribution in [2.24, 2.45) is 0 Å². The number of anilines is 1. The van der Waals surface area contributed by atoms with Crippen LogP contribution < -0.4 is 5.73 Å². The van der Waals surface area contributed by atoms with Crippen molar-refractivity contribution in [3.63, 3.8) is 0 Å². The molecular weight excluding hydrogens is 262 g/mol. The molecule has 0 saturated carbocycles. The molecule has 108 valence electrons. The number of ketones is 1. The van der Waals surface area contributed by atoms with Crippen molar-refractivity contribution in [1.82, 2.24) is 9.97 Å². The first-order chi connectivity index (χ1) is 10.0. The highest BCUT2D eigenvalue weighted by Gasteiger charge is 2.27. The molecule has 1 aromatic carbocycles. The van der Waals surface area contributed by atoms with Gasteiger partial charge in [-0.1, -0.05) is 38.1 Å². The fraction of sp³-hybridized carbons (Fsp3) is 0.353. The number of nitrogens with two attached hydrogens (primary N) is 1. The van der Waals surface area contributed by atoms with Crippen LogP contribution in [0.1, 0.15) is 59.3 Å². The van der Waals surface area contributed by atoms with Crippen molar-refractivity contribution < 1.29 is 4.79 Å². The second-order valence-corrected chi connectivity index (χ2v) is 5.94. The minimum atomic E-state index is 0.106. The van der Waals surface area contributed by atoms with Gasteiger partial charge in [-0.25, -0.2) is 9.97 Å². The molecule has 0 aliphatic heterocycles. The summed E-state index contributed by atoms with van der Waals surface area (Å²) in [7, 11) is 0. The Kier molecular flexibility index (Phi) is 3.45. The van der Waals surface area contributed by atoms with Crippen LogP contribution in [-0.4, -0.2) is 15.8 Å². The molecule has 1 aliphatic rings. The number of fused-ring (bicyclic) bond motifs is 1. The highest BCUT2D eigenvalue weighted by atomic mass is 16.1. The zero-order chi connectivity index (χ0) is 15.0. The maximum atomic E-state index is 12.2. The molecule has 2 aromatic rings. The smallest absolute Gasteiger partial charge is 0.220 e. The topological polar surface area (TPSA) is 68.9 Å². The highest BCUT2D eigenvalue weighted by Crippen LogP contribution is 2.32. The van der Waals surface area contributed by atoms with Gasteiger partial charge in [0.15, 0.2) is 5.78 Å². The van der Waals surface area contributed by atoms with Crippen LogP contribution in [0.25, 0.3) is 0 Å². The standard InChI is InChI=1S/C17H19N3O/c1-10(2)11-3-5-12(6-4-11)13-7-15-14(16(21)8-13)9-19-17(18)20-15/h3-6,9-10,13H,7-8H2,1-2H3,(H2,18,19,20). The van der Waals surface area contributed by atoms with E-state index in [0.717, 1.165) is 12.1 Å². The van der Waals surface area contributed by atoms with Gasteiger partial charge in [-0.3, -0.25) is 4.79 Å². The third-order valence-corrected chi connectivity index (χ3v) is 4.13. The van der Waals surface area contributed by atoms with E-state index < -0.39 is 0 Å². The summed E-state index contributed by atoms with van der Waals surface area (Å²) in [5.41, 5.74) is 9.53. The van der Waals surface area contributed by atoms with Gasteiger partial charge in [0.1, 0.15) is 0 Å². The summed E-state index contributed by atoms with van der Waals surface area (Å²) in [6.45, 7) is 4.35. The average molecular weight is 281 g/mol. The maximum Gasteiger partial charge on any atom is 0.220 e. The third kappa shape index (κ3) is 2.66. The zero-order valence-corrected chi connectivity index (χ0v) is 12.3. The Balaban J connectivity index is 1.89.